The van der Waals surface area contributed by atoms with E-state index in [2.05, 4.69) is 12.0 Å². The highest BCUT2D eigenvalue weighted by atomic mass is 32.1. The molecule has 0 radical (unpaired) electrons. The number of fused-ring (bicyclic) bond motifs is 1. The van der Waals surface area contributed by atoms with Gasteiger partial charge in [0.2, 0.25) is 0 Å². The molecule has 2 aromatic rings. The largest absolute Gasteiger partial charge is 0.477 e. The van der Waals surface area contributed by atoms with Crippen LogP contribution >= 0.6 is 11.3 Å². The summed E-state index contributed by atoms with van der Waals surface area (Å²) in [6.07, 6.45) is 3.40. The molecule has 2 heterocycles. The van der Waals surface area contributed by atoms with Crippen LogP contribution in [0.5, 0.6) is 0 Å². The summed E-state index contributed by atoms with van der Waals surface area (Å²) in [7, 11) is 0. The zero-order valence-electron chi connectivity index (χ0n) is 9.64. The Balaban J connectivity index is 2.16. The quantitative estimate of drug-likeness (QED) is 0.907. The summed E-state index contributed by atoms with van der Waals surface area (Å²) < 4.78 is 1.97. The molecule has 2 aromatic heterocycles. The second-order valence-electron chi connectivity index (χ2n) is 4.52. The van der Waals surface area contributed by atoms with Crippen molar-refractivity contribution in [2.45, 2.75) is 38.6 Å². The molecule has 4 nitrogen and oxygen atoms in total. The van der Waals surface area contributed by atoms with Crippen LogP contribution in [0.2, 0.25) is 0 Å². The summed E-state index contributed by atoms with van der Waals surface area (Å²) in [6.45, 7) is 2.97. The minimum absolute atomic E-state index is 0.421. The van der Waals surface area contributed by atoms with Crippen LogP contribution in [0.1, 0.15) is 47.5 Å². The van der Waals surface area contributed by atoms with Crippen LogP contribution in [0, 0.1) is 0 Å². The van der Waals surface area contributed by atoms with Gasteiger partial charge >= 0.3 is 5.97 Å². The van der Waals surface area contributed by atoms with Gasteiger partial charge in [0.05, 0.1) is 5.69 Å². The minimum Gasteiger partial charge on any atom is -0.477 e. The van der Waals surface area contributed by atoms with Gasteiger partial charge in [-0.1, -0.05) is 6.92 Å². The summed E-state index contributed by atoms with van der Waals surface area (Å²) in [5.74, 6) is -0.275. The number of hydrogen-bond acceptors (Lipinski definition) is 3. The second kappa shape index (κ2) is 3.84. The zero-order chi connectivity index (χ0) is 12.0. The molecular formula is C12H14N2O2S. The number of aryl methyl sites for hydroxylation is 1. The number of aromatic nitrogens is 2. The molecule has 0 aromatic carbocycles. The number of carboxylic acids is 1. The van der Waals surface area contributed by atoms with Crippen LogP contribution in [0.15, 0.2) is 6.07 Å². The maximum absolute atomic E-state index is 11.0. The van der Waals surface area contributed by atoms with Gasteiger partial charge in [0.1, 0.15) is 9.71 Å². The van der Waals surface area contributed by atoms with Crippen LogP contribution < -0.4 is 0 Å². The SMILES string of the molecule is CCCn1nc(C2CC2)c2cc(C(=O)O)sc21. The lowest BCUT2D eigenvalue weighted by molar-refractivity contribution is 0.0702. The highest BCUT2D eigenvalue weighted by molar-refractivity contribution is 7.20. The van der Waals surface area contributed by atoms with Gasteiger partial charge in [0.15, 0.2) is 0 Å². The molecule has 90 valence electrons. The van der Waals surface area contributed by atoms with E-state index < -0.39 is 5.97 Å². The average molecular weight is 250 g/mol. The number of rotatable bonds is 4. The molecule has 5 heteroatoms. The lowest BCUT2D eigenvalue weighted by Crippen LogP contribution is -1.99. The first-order chi connectivity index (χ1) is 8.20. The topological polar surface area (TPSA) is 55.1 Å². The Morgan fingerprint density at radius 1 is 1.65 bits per heavy atom. The number of thiophene rings is 1. The highest BCUT2D eigenvalue weighted by Crippen LogP contribution is 2.44. The Morgan fingerprint density at radius 2 is 2.41 bits per heavy atom. The van der Waals surface area contributed by atoms with Crippen LogP contribution in [-0.4, -0.2) is 20.9 Å². The van der Waals surface area contributed by atoms with Gasteiger partial charge in [-0.15, -0.1) is 11.3 Å². The highest BCUT2D eigenvalue weighted by Gasteiger charge is 2.30. The number of aromatic carboxylic acids is 1. The third kappa shape index (κ3) is 1.74. The summed E-state index contributed by atoms with van der Waals surface area (Å²) in [5.41, 5.74) is 1.11. The van der Waals surface area contributed by atoms with Crippen LogP contribution in [-0.2, 0) is 6.54 Å². The third-order valence-electron chi connectivity index (χ3n) is 3.06. The van der Waals surface area contributed by atoms with E-state index in [4.69, 9.17) is 5.11 Å². The van der Waals surface area contributed by atoms with Crippen molar-refractivity contribution in [1.82, 2.24) is 9.78 Å². The smallest absolute Gasteiger partial charge is 0.345 e. The number of hydrogen-bond donors (Lipinski definition) is 1. The van der Waals surface area contributed by atoms with E-state index in [0.717, 1.165) is 28.9 Å². The van der Waals surface area contributed by atoms with Crippen molar-refractivity contribution >= 4 is 27.5 Å². The van der Waals surface area contributed by atoms with Crippen molar-refractivity contribution in [3.8, 4) is 0 Å². The first kappa shape index (κ1) is 10.8. The molecule has 0 atom stereocenters. The van der Waals surface area contributed by atoms with Gasteiger partial charge in [-0.05, 0) is 25.3 Å². The number of carbonyl (C=O) groups is 1. The molecule has 0 bridgehead atoms. The maximum Gasteiger partial charge on any atom is 0.345 e. The van der Waals surface area contributed by atoms with Gasteiger partial charge in [0.25, 0.3) is 0 Å². The van der Waals surface area contributed by atoms with Crippen LogP contribution in [0.25, 0.3) is 10.2 Å². The molecule has 0 saturated heterocycles. The van der Waals surface area contributed by atoms with Gasteiger partial charge in [-0.3, -0.25) is 4.68 Å². The van der Waals surface area contributed by atoms with Gasteiger partial charge in [-0.2, -0.15) is 5.10 Å². The summed E-state index contributed by atoms with van der Waals surface area (Å²) in [5, 5.41) is 14.7. The lowest BCUT2D eigenvalue weighted by Gasteiger charge is -1.97. The Kier molecular flexibility index (Phi) is 2.43. The monoisotopic (exact) mass is 250 g/mol. The molecule has 0 unspecified atom stereocenters. The van der Waals surface area contributed by atoms with Crippen molar-refractivity contribution in [1.29, 1.82) is 0 Å². The fourth-order valence-electron chi connectivity index (χ4n) is 2.11. The van der Waals surface area contributed by atoms with E-state index in [1.165, 1.54) is 24.2 Å². The first-order valence-electron chi connectivity index (χ1n) is 5.94. The Morgan fingerprint density at radius 3 is 3.00 bits per heavy atom. The Labute approximate surface area is 103 Å². The molecule has 0 aliphatic heterocycles. The first-order valence-corrected chi connectivity index (χ1v) is 6.76. The minimum atomic E-state index is -0.837. The summed E-state index contributed by atoms with van der Waals surface area (Å²) in [4.78, 5) is 12.5. The molecule has 1 saturated carbocycles. The fraction of sp³-hybridized carbons (Fsp3) is 0.500. The molecule has 1 aliphatic carbocycles. The normalized spacial score (nSPS) is 15.6. The molecule has 1 aliphatic rings. The van der Waals surface area contributed by atoms with Gasteiger partial charge in [0, 0.05) is 17.8 Å². The second-order valence-corrected chi connectivity index (χ2v) is 5.55. The van der Waals surface area contributed by atoms with E-state index in [0.29, 0.717) is 10.8 Å². The standard InChI is InChI=1S/C12H14N2O2S/c1-2-5-14-11-8(6-9(17-11)12(15)16)10(13-14)7-3-4-7/h6-7H,2-5H2,1H3,(H,15,16). The lowest BCUT2D eigenvalue weighted by atomic mass is 10.2. The van der Waals surface area contributed by atoms with Gasteiger partial charge < -0.3 is 5.11 Å². The van der Waals surface area contributed by atoms with Crippen LogP contribution in [0.3, 0.4) is 0 Å². The van der Waals surface area contributed by atoms with Gasteiger partial charge in [-0.25, -0.2) is 4.79 Å². The predicted molar refractivity (Wildman–Crippen MR) is 66.8 cm³/mol. The van der Waals surface area contributed by atoms with E-state index in [1.807, 2.05) is 4.68 Å². The zero-order valence-corrected chi connectivity index (χ0v) is 10.5. The molecule has 1 N–H and O–H groups in total. The van der Waals surface area contributed by atoms with Crippen LogP contribution in [0.4, 0.5) is 0 Å². The predicted octanol–water partition coefficient (Wildman–Crippen LogP) is 3.08. The third-order valence-corrected chi connectivity index (χ3v) is 4.20. The van der Waals surface area contributed by atoms with Crippen molar-refractivity contribution < 1.29 is 9.90 Å². The molecular weight excluding hydrogens is 236 g/mol. The maximum atomic E-state index is 11.0. The van der Waals surface area contributed by atoms with Crippen molar-refractivity contribution in [2.24, 2.45) is 0 Å². The van der Waals surface area contributed by atoms with E-state index in [-0.39, 0.29) is 0 Å². The fourth-order valence-corrected chi connectivity index (χ4v) is 3.10. The van der Waals surface area contributed by atoms with E-state index in [1.54, 1.807) is 6.07 Å². The summed E-state index contributed by atoms with van der Waals surface area (Å²) >= 11 is 1.34. The van der Waals surface area contributed by atoms with E-state index >= 15 is 0 Å². The molecule has 3 rings (SSSR count). The average Bonchev–Trinajstić information content (AvgIpc) is 2.92. The molecule has 0 spiro atoms. The summed E-state index contributed by atoms with van der Waals surface area (Å²) in [6, 6.07) is 1.79. The number of carboxylic acid groups (broad SMARTS) is 1. The molecule has 0 amide bonds. The van der Waals surface area contributed by atoms with Crippen molar-refractivity contribution in [2.75, 3.05) is 0 Å². The Bertz CT molecular complexity index is 581. The number of nitrogens with zero attached hydrogens (tertiary/aromatic N) is 2. The molecule has 17 heavy (non-hydrogen) atoms. The Hall–Kier alpha value is -1.36. The van der Waals surface area contributed by atoms with Crippen molar-refractivity contribution in [3.63, 3.8) is 0 Å². The van der Waals surface area contributed by atoms with Crippen molar-refractivity contribution in [3.05, 3.63) is 16.6 Å². The molecule has 1 fully saturated rings. The van der Waals surface area contributed by atoms with E-state index in [9.17, 15) is 4.79 Å².